The van der Waals surface area contributed by atoms with E-state index in [0.29, 0.717) is 12.8 Å². The van der Waals surface area contributed by atoms with Crippen molar-refractivity contribution in [1.29, 1.82) is 0 Å². The number of rotatable bonds is 4. The number of ether oxygens (including phenoxy) is 1. The third-order valence-electron chi connectivity index (χ3n) is 3.40. The van der Waals surface area contributed by atoms with E-state index in [0.717, 1.165) is 18.9 Å². The molecule has 1 aromatic rings. The van der Waals surface area contributed by atoms with E-state index in [1.54, 1.807) is 6.07 Å². The zero-order valence-electron chi connectivity index (χ0n) is 10.8. The highest BCUT2D eigenvalue weighted by molar-refractivity contribution is 7.91. The lowest BCUT2D eigenvalue weighted by atomic mass is 9.94. The van der Waals surface area contributed by atoms with Gasteiger partial charge in [-0.25, -0.2) is 8.42 Å². The fourth-order valence-electron chi connectivity index (χ4n) is 2.26. The van der Waals surface area contributed by atoms with Crippen LogP contribution < -0.4 is 10.5 Å². The summed E-state index contributed by atoms with van der Waals surface area (Å²) in [5, 5.41) is 0. The van der Waals surface area contributed by atoms with E-state index in [9.17, 15) is 17.2 Å². The standard InChI is InChI=1S/C13H17F2NO3S/c14-13(15)20(17,18)12-4-2-1-3-11(12)19-10-7-5-9(16)6-8-10/h1-4,9-10,13H,5-8,16H2. The van der Waals surface area contributed by atoms with Gasteiger partial charge in [0.15, 0.2) is 0 Å². The molecule has 1 aromatic carbocycles. The van der Waals surface area contributed by atoms with Gasteiger partial charge in [0.05, 0.1) is 6.10 Å². The summed E-state index contributed by atoms with van der Waals surface area (Å²) >= 11 is 0. The second-order valence-electron chi connectivity index (χ2n) is 4.91. The first kappa shape index (κ1) is 15.2. The maximum absolute atomic E-state index is 12.6. The average molecular weight is 305 g/mol. The number of hydrogen-bond acceptors (Lipinski definition) is 4. The number of benzene rings is 1. The van der Waals surface area contributed by atoms with E-state index in [1.165, 1.54) is 12.1 Å². The van der Waals surface area contributed by atoms with Crippen LogP contribution in [0.15, 0.2) is 29.2 Å². The quantitative estimate of drug-likeness (QED) is 0.927. The molecule has 0 unspecified atom stereocenters. The van der Waals surface area contributed by atoms with Gasteiger partial charge >= 0.3 is 5.76 Å². The molecule has 2 N–H and O–H groups in total. The fraction of sp³-hybridized carbons (Fsp3) is 0.538. The molecule has 0 aromatic heterocycles. The van der Waals surface area contributed by atoms with Crippen LogP contribution in [-0.2, 0) is 9.84 Å². The smallest absolute Gasteiger partial charge is 0.341 e. The Kier molecular flexibility index (Phi) is 4.59. The molecule has 1 fully saturated rings. The normalized spacial score (nSPS) is 23.8. The van der Waals surface area contributed by atoms with Crippen molar-refractivity contribution in [2.75, 3.05) is 0 Å². The van der Waals surface area contributed by atoms with Crippen molar-refractivity contribution in [3.63, 3.8) is 0 Å². The minimum absolute atomic E-state index is 0.00623. The van der Waals surface area contributed by atoms with E-state index in [2.05, 4.69) is 0 Å². The largest absolute Gasteiger partial charge is 0.489 e. The second kappa shape index (κ2) is 6.05. The summed E-state index contributed by atoms with van der Waals surface area (Å²) in [5.41, 5.74) is 5.78. The fourth-order valence-corrected chi connectivity index (χ4v) is 3.12. The molecule has 0 radical (unpaired) electrons. The third-order valence-corrected chi connectivity index (χ3v) is 4.82. The molecule has 7 heteroatoms. The summed E-state index contributed by atoms with van der Waals surface area (Å²) in [4.78, 5) is -0.454. The van der Waals surface area contributed by atoms with Gasteiger partial charge < -0.3 is 10.5 Å². The highest BCUT2D eigenvalue weighted by Gasteiger charge is 2.31. The number of para-hydroxylation sites is 1. The van der Waals surface area contributed by atoms with Crippen molar-refractivity contribution >= 4 is 9.84 Å². The first-order valence-electron chi connectivity index (χ1n) is 6.44. The summed E-state index contributed by atoms with van der Waals surface area (Å²) < 4.78 is 54.1. The molecular weight excluding hydrogens is 288 g/mol. The predicted molar refractivity (Wildman–Crippen MR) is 70.5 cm³/mol. The zero-order chi connectivity index (χ0) is 14.8. The first-order chi connectivity index (χ1) is 9.41. The van der Waals surface area contributed by atoms with Crippen LogP contribution in [0.2, 0.25) is 0 Å². The van der Waals surface area contributed by atoms with Gasteiger partial charge in [0, 0.05) is 6.04 Å². The summed E-state index contributed by atoms with van der Waals surface area (Å²) in [6.45, 7) is 0. The van der Waals surface area contributed by atoms with Crippen LogP contribution in [0.4, 0.5) is 8.78 Å². The number of sulfone groups is 1. The van der Waals surface area contributed by atoms with Gasteiger partial charge in [0.1, 0.15) is 10.6 Å². The lowest BCUT2D eigenvalue weighted by molar-refractivity contribution is 0.143. The number of nitrogens with two attached hydrogens (primary N) is 1. The highest BCUT2D eigenvalue weighted by Crippen LogP contribution is 2.31. The zero-order valence-corrected chi connectivity index (χ0v) is 11.7. The number of alkyl halides is 2. The molecule has 2 rings (SSSR count). The minimum atomic E-state index is -4.65. The highest BCUT2D eigenvalue weighted by atomic mass is 32.2. The van der Waals surface area contributed by atoms with E-state index < -0.39 is 20.5 Å². The lowest BCUT2D eigenvalue weighted by Crippen LogP contribution is -2.32. The van der Waals surface area contributed by atoms with Crippen molar-refractivity contribution in [3.05, 3.63) is 24.3 Å². The number of halogens is 2. The van der Waals surface area contributed by atoms with Crippen molar-refractivity contribution in [2.45, 2.75) is 48.5 Å². The Morgan fingerprint density at radius 2 is 1.75 bits per heavy atom. The molecule has 0 amide bonds. The molecule has 1 aliphatic rings. The van der Waals surface area contributed by atoms with Gasteiger partial charge in [-0.3, -0.25) is 0 Å². The summed E-state index contributed by atoms with van der Waals surface area (Å²) in [6, 6.07) is 5.65. The van der Waals surface area contributed by atoms with Crippen LogP contribution in [-0.4, -0.2) is 26.3 Å². The van der Waals surface area contributed by atoms with Crippen molar-refractivity contribution in [1.82, 2.24) is 0 Å². The molecule has 0 atom stereocenters. The molecule has 20 heavy (non-hydrogen) atoms. The topological polar surface area (TPSA) is 69.4 Å². The van der Waals surface area contributed by atoms with Gasteiger partial charge in [-0.05, 0) is 37.8 Å². The summed E-state index contributed by atoms with van der Waals surface area (Å²) in [5.74, 6) is -3.46. The first-order valence-corrected chi connectivity index (χ1v) is 7.99. The van der Waals surface area contributed by atoms with Crippen molar-refractivity contribution < 1.29 is 21.9 Å². The summed E-state index contributed by atoms with van der Waals surface area (Å²) in [7, 11) is -4.65. The molecule has 0 saturated heterocycles. The van der Waals surface area contributed by atoms with Gasteiger partial charge in [-0.1, -0.05) is 12.1 Å². The Morgan fingerprint density at radius 3 is 2.35 bits per heavy atom. The molecular formula is C13H17F2NO3S. The molecule has 0 aliphatic heterocycles. The Bertz CT molecular complexity index is 554. The Labute approximate surface area is 116 Å². The van der Waals surface area contributed by atoms with E-state index >= 15 is 0 Å². The minimum Gasteiger partial charge on any atom is -0.489 e. The van der Waals surface area contributed by atoms with E-state index in [4.69, 9.17) is 10.5 Å². The van der Waals surface area contributed by atoms with Crippen LogP contribution in [0.1, 0.15) is 25.7 Å². The molecule has 4 nitrogen and oxygen atoms in total. The second-order valence-corrected chi connectivity index (χ2v) is 6.79. The average Bonchev–Trinajstić information content (AvgIpc) is 2.41. The van der Waals surface area contributed by atoms with E-state index in [1.807, 2.05) is 0 Å². The van der Waals surface area contributed by atoms with Crippen molar-refractivity contribution in [3.8, 4) is 5.75 Å². The van der Waals surface area contributed by atoms with Gasteiger partial charge in [-0.2, -0.15) is 8.78 Å². The lowest BCUT2D eigenvalue weighted by Gasteiger charge is -2.27. The van der Waals surface area contributed by atoms with Gasteiger partial charge in [-0.15, -0.1) is 0 Å². The van der Waals surface area contributed by atoms with Crippen LogP contribution in [0.25, 0.3) is 0 Å². The Hall–Kier alpha value is -1.21. The van der Waals surface area contributed by atoms with E-state index in [-0.39, 0.29) is 17.9 Å². The predicted octanol–water partition coefficient (Wildman–Crippen LogP) is 2.33. The Balaban J connectivity index is 2.21. The maximum atomic E-state index is 12.6. The molecule has 112 valence electrons. The Morgan fingerprint density at radius 1 is 1.15 bits per heavy atom. The summed E-state index contributed by atoms with van der Waals surface area (Å²) in [6.07, 6.45) is 2.79. The van der Waals surface area contributed by atoms with Crippen LogP contribution in [0.3, 0.4) is 0 Å². The van der Waals surface area contributed by atoms with Crippen LogP contribution in [0, 0.1) is 0 Å². The molecule has 1 saturated carbocycles. The molecule has 0 bridgehead atoms. The van der Waals surface area contributed by atoms with Crippen LogP contribution >= 0.6 is 0 Å². The SMILES string of the molecule is NC1CCC(Oc2ccccc2S(=O)(=O)C(F)F)CC1. The van der Waals surface area contributed by atoms with Gasteiger partial charge in [0.2, 0.25) is 9.84 Å². The maximum Gasteiger partial charge on any atom is 0.341 e. The van der Waals surface area contributed by atoms with Gasteiger partial charge in [0.25, 0.3) is 0 Å². The molecule has 1 aliphatic carbocycles. The molecule has 0 heterocycles. The van der Waals surface area contributed by atoms with Crippen LogP contribution in [0.5, 0.6) is 5.75 Å². The van der Waals surface area contributed by atoms with Crippen molar-refractivity contribution in [2.24, 2.45) is 5.73 Å². The number of hydrogen-bond donors (Lipinski definition) is 1. The third kappa shape index (κ3) is 3.27. The molecule has 0 spiro atoms. The monoisotopic (exact) mass is 305 g/mol.